The van der Waals surface area contributed by atoms with Crippen LogP contribution in [-0.2, 0) is 9.59 Å². The zero-order valence-electron chi connectivity index (χ0n) is 9.25. The largest absolute Gasteiger partial charge is 0.480 e. The molecule has 1 rings (SSSR count). The molecule has 1 heterocycles. The minimum Gasteiger partial charge on any atom is -0.480 e. The average Bonchev–Trinajstić information content (AvgIpc) is 2.66. The topological polar surface area (TPSA) is 69.6 Å². The van der Waals surface area contributed by atoms with Crippen LogP contribution in [0.15, 0.2) is 0 Å². The van der Waals surface area contributed by atoms with Crippen LogP contribution in [0.4, 0.5) is 0 Å². The Morgan fingerprint density at radius 3 is 2.33 bits per heavy atom. The number of aliphatic carboxylic acids is 1. The van der Waals surface area contributed by atoms with E-state index in [1.54, 1.807) is 0 Å². The number of carboxylic acid groups (broad SMARTS) is 1. The summed E-state index contributed by atoms with van der Waals surface area (Å²) in [5, 5.41) is 10.9. The van der Waals surface area contributed by atoms with E-state index in [1.165, 1.54) is 0 Å². The first-order valence-electron chi connectivity index (χ1n) is 5.20. The van der Waals surface area contributed by atoms with E-state index in [0.29, 0.717) is 0 Å². The number of amides is 1. The smallest absolute Gasteiger partial charge is 0.322 e. The Labute approximate surface area is 89.4 Å². The van der Waals surface area contributed by atoms with Gasteiger partial charge in [0, 0.05) is 0 Å². The zero-order valence-corrected chi connectivity index (χ0v) is 9.25. The summed E-state index contributed by atoms with van der Waals surface area (Å²) in [6, 6.07) is 0. The first-order chi connectivity index (χ1) is 6.94. The van der Waals surface area contributed by atoms with Gasteiger partial charge in [0.15, 0.2) is 0 Å². The lowest BCUT2D eigenvalue weighted by Gasteiger charge is -2.33. The number of hydrogen-bond donors (Lipinski definition) is 2. The van der Waals surface area contributed by atoms with Gasteiger partial charge >= 0.3 is 5.97 Å². The fraction of sp³-hybridized carbons (Fsp3) is 0.800. The molecular weight excluding hydrogens is 196 g/mol. The third-order valence-electron chi connectivity index (χ3n) is 2.85. The molecule has 1 fully saturated rings. The van der Waals surface area contributed by atoms with Gasteiger partial charge in [0.1, 0.15) is 6.54 Å². The molecule has 0 aliphatic carbocycles. The van der Waals surface area contributed by atoms with E-state index >= 15 is 0 Å². The number of carbonyl (C=O) groups excluding carboxylic acids is 1. The van der Waals surface area contributed by atoms with E-state index in [2.05, 4.69) is 10.2 Å². The second-order valence-corrected chi connectivity index (χ2v) is 4.33. The number of carboxylic acids is 1. The molecule has 86 valence electrons. The molecule has 1 saturated heterocycles. The number of rotatable bonds is 4. The van der Waals surface area contributed by atoms with E-state index in [-0.39, 0.29) is 12.5 Å². The van der Waals surface area contributed by atoms with Crippen LogP contribution < -0.4 is 5.32 Å². The molecule has 15 heavy (non-hydrogen) atoms. The van der Waals surface area contributed by atoms with Crippen molar-refractivity contribution in [1.82, 2.24) is 10.2 Å². The van der Waals surface area contributed by atoms with Crippen LogP contribution in [0.1, 0.15) is 26.7 Å². The van der Waals surface area contributed by atoms with E-state index in [9.17, 15) is 9.59 Å². The highest BCUT2D eigenvalue weighted by molar-refractivity contribution is 5.88. The summed E-state index contributed by atoms with van der Waals surface area (Å²) in [5.41, 5.74) is -0.605. The van der Waals surface area contributed by atoms with Crippen LogP contribution in [0, 0.1) is 0 Å². The fourth-order valence-corrected chi connectivity index (χ4v) is 1.79. The number of nitrogens with zero attached hydrogens (tertiary/aromatic N) is 1. The number of nitrogens with one attached hydrogen (secondary N) is 1. The summed E-state index contributed by atoms with van der Waals surface area (Å²) in [6.45, 7) is 5.17. The average molecular weight is 214 g/mol. The van der Waals surface area contributed by atoms with Crippen molar-refractivity contribution in [2.24, 2.45) is 0 Å². The summed E-state index contributed by atoms with van der Waals surface area (Å²) in [5.74, 6) is -1.23. The molecule has 0 spiro atoms. The number of likely N-dealkylation sites (tertiary alicyclic amines) is 1. The van der Waals surface area contributed by atoms with Gasteiger partial charge in [-0.15, -0.1) is 0 Å². The maximum absolute atomic E-state index is 11.7. The first kappa shape index (κ1) is 12.0. The van der Waals surface area contributed by atoms with Gasteiger partial charge in [-0.3, -0.25) is 14.5 Å². The Balaban J connectivity index is 2.51. The first-order valence-corrected chi connectivity index (χ1v) is 5.20. The molecule has 1 aliphatic rings. The van der Waals surface area contributed by atoms with Crippen molar-refractivity contribution in [1.29, 1.82) is 0 Å². The van der Waals surface area contributed by atoms with Crippen LogP contribution >= 0.6 is 0 Å². The number of hydrogen-bond acceptors (Lipinski definition) is 3. The van der Waals surface area contributed by atoms with E-state index in [0.717, 1.165) is 25.9 Å². The van der Waals surface area contributed by atoms with Gasteiger partial charge in [0.2, 0.25) is 5.91 Å². The molecule has 0 bridgehead atoms. The van der Waals surface area contributed by atoms with Crippen molar-refractivity contribution in [3.05, 3.63) is 0 Å². The molecule has 0 aromatic heterocycles. The van der Waals surface area contributed by atoms with Crippen molar-refractivity contribution in [2.45, 2.75) is 32.2 Å². The van der Waals surface area contributed by atoms with Crippen molar-refractivity contribution in [3.8, 4) is 0 Å². The lowest BCUT2D eigenvalue weighted by atomic mass is 10.0. The molecule has 0 unspecified atom stereocenters. The predicted molar refractivity (Wildman–Crippen MR) is 55.5 cm³/mol. The third-order valence-corrected chi connectivity index (χ3v) is 2.85. The fourth-order valence-electron chi connectivity index (χ4n) is 1.79. The Morgan fingerprint density at radius 2 is 1.87 bits per heavy atom. The SMILES string of the molecule is CC(C)(C(=O)NCC(=O)O)N1CCCC1. The molecular formula is C10H18N2O3. The van der Waals surface area contributed by atoms with Crippen LogP contribution in [-0.4, -0.2) is 47.1 Å². The minimum atomic E-state index is -1.01. The van der Waals surface area contributed by atoms with Crippen LogP contribution in [0.2, 0.25) is 0 Å². The Bertz CT molecular complexity index is 257. The summed E-state index contributed by atoms with van der Waals surface area (Å²) in [6.07, 6.45) is 2.21. The summed E-state index contributed by atoms with van der Waals surface area (Å²) < 4.78 is 0. The van der Waals surface area contributed by atoms with Gasteiger partial charge in [-0.2, -0.15) is 0 Å². The number of carbonyl (C=O) groups is 2. The van der Waals surface area contributed by atoms with Crippen molar-refractivity contribution in [2.75, 3.05) is 19.6 Å². The second-order valence-electron chi connectivity index (χ2n) is 4.33. The Hall–Kier alpha value is -1.10. The lowest BCUT2D eigenvalue weighted by Crippen LogP contribution is -2.54. The quantitative estimate of drug-likeness (QED) is 0.694. The molecule has 0 atom stereocenters. The molecule has 0 aromatic rings. The predicted octanol–water partition coefficient (Wildman–Crippen LogP) is 0.0616. The normalized spacial score (nSPS) is 17.7. The molecule has 1 aliphatic heterocycles. The van der Waals surface area contributed by atoms with E-state index in [1.807, 2.05) is 13.8 Å². The van der Waals surface area contributed by atoms with Crippen molar-refractivity contribution >= 4 is 11.9 Å². The highest BCUT2D eigenvalue weighted by atomic mass is 16.4. The van der Waals surface area contributed by atoms with Gasteiger partial charge < -0.3 is 10.4 Å². The summed E-state index contributed by atoms with van der Waals surface area (Å²) >= 11 is 0. The highest BCUT2D eigenvalue weighted by Gasteiger charge is 2.35. The van der Waals surface area contributed by atoms with Gasteiger partial charge in [0.05, 0.1) is 5.54 Å². The Morgan fingerprint density at radius 1 is 1.33 bits per heavy atom. The molecule has 0 radical (unpaired) electrons. The van der Waals surface area contributed by atoms with Gasteiger partial charge in [0.25, 0.3) is 0 Å². The summed E-state index contributed by atoms with van der Waals surface area (Å²) in [4.78, 5) is 24.2. The maximum atomic E-state index is 11.7. The monoisotopic (exact) mass is 214 g/mol. The summed E-state index contributed by atoms with van der Waals surface area (Å²) in [7, 11) is 0. The van der Waals surface area contributed by atoms with Crippen LogP contribution in [0.5, 0.6) is 0 Å². The van der Waals surface area contributed by atoms with Gasteiger partial charge in [-0.1, -0.05) is 0 Å². The van der Waals surface area contributed by atoms with Crippen molar-refractivity contribution in [3.63, 3.8) is 0 Å². The molecule has 1 amide bonds. The minimum absolute atomic E-state index is 0.216. The molecule has 0 saturated carbocycles. The van der Waals surface area contributed by atoms with Gasteiger partial charge in [-0.25, -0.2) is 0 Å². The van der Waals surface area contributed by atoms with E-state index < -0.39 is 11.5 Å². The second kappa shape index (κ2) is 4.61. The highest BCUT2D eigenvalue weighted by Crippen LogP contribution is 2.20. The van der Waals surface area contributed by atoms with E-state index in [4.69, 9.17) is 5.11 Å². The molecule has 5 nitrogen and oxygen atoms in total. The van der Waals surface area contributed by atoms with Crippen LogP contribution in [0.3, 0.4) is 0 Å². The lowest BCUT2D eigenvalue weighted by molar-refractivity contribution is -0.140. The molecule has 5 heteroatoms. The molecule has 2 N–H and O–H groups in total. The molecule has 0 aromatic carbocycles. The van der Waals surface area contributed by atoms with Crippen LogP contribution in [0.25, 0.3) is 0 Å². The Kier molecular flexibility index (Phi) is 3.68. The van der Waals surface area contributed by atoms with Crippen molar-refractivity contribution < 1.29 is 14.7 Å². The standard InChI is InChI=1S/C10H18N2O3/c1-10(2,12-5-3-4-6-12)9(15)11-7-8(13)14/h3-7H2,1-2H3,(H,11,15)(H,13,14). The third kappa shape index (κ3) is 2.92. The van der Waals surface area contributed by atoms with Gasteiger partial charge in [-0.05, 0) is 39.8 Å². The zero-order chi connectivity index (χ0) is 11.5. The maximum Gasteiger partial charge on any atom is 0.322 e.